The summed E-state index contributed by atoms with van der Waals surface area (Å²) in [5, 5.41) is 0. The van der Waals surface area contributed by atoms with Crippen LogP contribution in [0, 0.1) is 5.92 Å². The summed E-state index contributed by atoms with van der Waals surface area (Å²) in [6, 6.07) is 0.715. The van der Waals surface area contributed by atoms with Gasteiger partial charge in [-0.1, -0.05) is 19.9 Å². The van der Waals surface area contributed by atoms with E-state index in [-0.39, 0.29) is 0 Å². The van der Waals surface area contributed by atoms with Crippen molar-refractivity contribution in [2.75, 3.05) is 6.54 Å². The molecule has 0 saturated carbocycles. The van der Waals surface area contributed by atoms with Crippen LogP contribution in [0.3, 0.4) is 0 Å². The highest BCUT2D eigenvalue weighted by Gasteiger charge is 2.22. The molecule has 1 saturated heterocycles. The van der Waals surface area contributed by atoms with Crippen molar-refractivity contribution in [3.8, 4) is 0 Å². The third-order valence-corrected chi connectivity index (χ3v) is 2.85. The maximum atomic E-state index is 2.45. The van der Waals surface area contributed by atoms with Crippen molar-refractivity contribution in [2.45, 2.75) is 32.7 Å². The molecule has 1 atom stereocenters. The Balaban J connectivity index is 2.15. The van der Waals surface area contributed by atoms with E-state index in [2.05, 4.69) is 37.1 Å². The quantitative estimate of drug-likeness (QED) is 0.574. The molecule has 0 aromatic rings. The summed E-state index contributed by atoms with van der Waals surface area (Å²) in [6.07, 6.45) is 9.69. The van der Waals surface area contributed by atoms with Crippen LogP contribution in [0.2, 0.25) is 0 Å². The van der Waals surface area contributed by atoms with Crippen LogP contribution in [-0.2, 0) is 0 Å². The molecule has 2 rings (SSSR count). The molecule has 0 aromatic carbocycles. The second-order valence-corrected chi connectivity index (χ2v) is 4.08. The minimum atomic E-state index is 0.684. The van der Waals surface area contributed by atoms with Crippen molar-refractivity contribution >= 4 is 0 Å². The summed E-state index contributed by atoms with van der Waals surface area (Å²) in [5.74, 6) is 0.684. The van der Waals surface area contributed by atoms with Crippen molar-refractivity contribution in [2.24, 2.45) is 5.92 Å². The van der Waals surface area contributed by atoms with E-state index in [0.717, 1.165) is 0 Å². The Bertz CT molecular complexity index is 225. The van der Waals surface area contributed by atoms with Gasteiger partial charge in [-0.25, -0.2) is 0 Å². The molecule has 0 radical (unpaired) electrons. The zero-order valence-corrected chi connectivity index (χ0v) is 7.96. The van der Waals surface area contributed by atoms with Gasteiger partial charge in [0.15, 0.2) is 0 Å². The maximum Gasteiger partial charge on any atom is 0.0473 e. The summed E-state index contributed by atoms with van der Waals surface area (Å²) in [6.45, 7) is 5.78. The minimum absolute atomic E-state index is 0.684. The standard InChI is InChI=1S/C11H17N/c1-9(2)10-5-7-12-6-3-4-11(12)8-10/h5,7-9,11H,3-4,6H2,1-2H3. The Labute approximate surface area is 74.8 Å². The van der Waals surface area contributed by atoms with E-state index in [1.807, 2.05) is 0 Å². The summed E-state index contributed by atoms with van der Waals surface area (Å²) in [4.78, 5) is 2.45. The highest BCUT2D eigenvalue weighted by Crippen LogP contribution is 2.26. The molecule has 2 heterocycles. The molecule has 0 N–H and O–H groups in total. The highest BCUT2D eigenvalue weighted by molar-refractivity contribution is 5.27. The van der Waals surface area contributed by atoms with Crippen LogP contribution < -0.4 is 0 Å². The third-order valence-electron chi connectivity index (χ3n) is 2.85. The molecule has 1 unspecified atom stereocenters. The van der Waals surface area contributed by atoms with Crippen molar-refractivity contribution in [3.63, 3.8) is 0 Å². The van der Waals surface area contributed by atoms with Crippen LogP contribution >= 0.6 is 0 Å². The molecule has 0 amide bonds. The molecule has 1 heteroatoms. The lowest BCUT2D eigenvalue weighted by atomic mass is 9.98. The van der Waals surface area contributed by atoms with Gasteiger partial charge in [-0.05, 0) is 36.6 Å². The highest BCUT2D eigenvalue weighted by atomic mass is 15.2. The maximum absolute atomic E-state index is 2.45. The predicted molar refractivity (Wildman–Crippen MR) is 51.8 cm³/mol. The topological polar surface area (TPSA) is 3.24 Å². The molecule has 66 valence electrons. The average molecular weight is 163 g/mol. The zero-order chi connectivity index (χ0) is 8.55. The van der Waals surface area contributed by atoms with Crippen LogP contribution in [0.5, 0.6) is 0 Å². The van der Waals surface area contributed by atoms with Gasteiger partial charge in [0.2, 0.25) is 0 Å². The van der Waals surface area contributed by atoms with Gasteiger partial charge in [0.25, 0.3) is 0 Å². The lowest BCUT2D eigenvalue weighted by Gasteiger charge is -2.25. The van der Waals surface area contributed by atoms with Gasteiger partial charge >= 0.3 is 0 Å². The predicted octanol–water partition coefficient (Wildman–Crippen LogP) is 2.56. The fourth-order valence-electron chi connectivity index (χ4n) is 2.02. The lowest BCUT2D eigenvalue weighted by Crippen LogP contribution is -2.25. The minimum Gasteiger partial charge on any atom is -0.371 e. The zero-order valence-electron chi connectivity index (χ0n) is 7.96. The normalized spacial score (nSPS) is 27.8. The molecule has 2 aliphatic rings. The summed E-state index contributed by atoms with van der Waals surface area (Å²) in [5.41, 5.74) is 1.51. The van der Waals surface area contributed by atoms with Crippen molar-refractivity contribution < 1.29 is 0 Å². The third kappa shape index (κ3) is 1.28. The smallest absolute Gasteiger partial charge is 0.0473 e. The molecule has 0 aromatic heterocycles. The van der Waals surface area contributed by atoms with E-state index in [1.54, 1.807) is 0 Å². The summed E-state index contributed by atoms with van der Waals surface area (Å²) < 4.78 is 0. The number of fused-ring (bicyclic) bond motifs is 1. The second kappa shape index (κ2) is 2.96. The van der Waals surface area contributed by atoms with Crippen LogP contribution in [-0.4, -0.2) is 17.5 Å². The number of rotatable bonds is 1. The van der Waals surface area contributed by atoms with Crippen LogP contribution in [0.15, 0.2) is 23.9 Å². The first-order valence-corrected chi connectivity index (χ1v) is 4.93. The molecule has 2 aliphatic heterocycles. The van der Waals surface area contributed by atoms with E-state index in [9.17, 15) is 0 Å². The Morgan fingerprint density at radius 1 is 1.50 bits per heavy atom. The Morgan fingerprint density at radius 3 is 3.08 bits per heavy atom. The van der Waals surface area contributed by atoms with Gasteiger partial charge in [0.05, 0.1) is 0 Å². The van der Waals surface area contributed by atoms with Gasteiger partial charge in [0, 0.05) is 12.6 Å². The molecule has 12 heavy (non-hydrogen) atoms. The van der Waals surface area contributed by atoms with E-state index >= 15 is 0 Å². The SMILES string of the molecule is CC(C)C1=CC2CCCN2C=C1. The van der Waals surface area contributed by atoms with E-state index in [1.165, 1.54) is 25.0 Å². The fraction of sp³-hybridized carbons (Fsp3) is 0.636. The van der Waals surface area contributed by atoms with Crippen molar-refractivity contribution in [1.82, 2.24) is 4.90 Å². The molecular formula is C11H17N. The largest absolute Gasteiger partial charge is 0.371 e. The number of nitrogens with zero attached hydrogens (tertiary/aromatic N) is 1. The fourth-order valence-corrected chi connectivity index (χ4v) is 2.02. The Morgan fingerprint density at radius 2 is 2.33 bits per heavy atom. The van der Waals surface area contributed by atoms with E-state index in [0.29, 0.717) is 12.0 Å². The first-order chi connectivity index (χ1) is 5.77. The van der Waals surface area contributed by atoms with Crippen LogP contribution in [0.25, 0.3) is 0 Å². The Hall–Kier alpha value is -0.720. The number of hydrogen-bond acceptors (Lipinski definition) is 1. The first-order valence-electron chi connectivity index (χ1n) is 4.93. The first kappa shape index (κ1) is 7.90. The van der Waals surface area contributed by atoms with E-state index in [4.69, 9.17) is 0 Å². The van der Waals surface area contributed by atoms with Gasteiger partial charge in [0.1, 0.15) is 0 Å². The molecule has 1 fully saturated rings. The molecule has 0 spiro atoms. The summed E-state index contributed by atoms with van der Waals surface area (Å²) >= 11 is 0. The van der Waals surface area contributed by atoms with Gasteiger partial charge in [-0.15, -0.1) is 0 Å². The van der Waals surface area contributed by atoms with Crippen molar-refractivity contribution in [1.29, 1.82) is 0 Å². The number of allylic oxidation sites excluding steroid dienone is 2. The van der Waals surface area contributed by atoms with Gasteiger partial charge in [-0.2, -0.15) is 0 Å². The molecule has 0 aliphatic carbocycles. The second-order valence-electron chi connectivity index (χ2n) is 4.08. The Kier molecular flexibility index (Phi) is 1.95. The monoisotopic (exact) mass is 163 g/mol. The van der Waals surface area contributed by atoms with E-state index < -0.39 is 0 Å². The summed E-state index contributed by atoms with van der Waals surface area (Å²) in [7, 11) is 0. The average Bonchev–Trinajstić information content (AvgIpc) is 2.49. The number of hydrogen-bond donors (Lipinski definition) is 0. The van der Waals surface area contributed by atoms with Crippen molar-refractivity contribution in [3.05, 3.63) is 23.9 Å². The lowest BCUT2D eigenvalue weighted by molar-refractivity contribution is 0.392. The van der Waals surface area contributed by atoms with Crippen LogP contribution in [0.4, 0.5) is 0 Å². The van der Waals surface area contributed by atoms with Crippen LogP contribution in [0.1, 0.15) is 26.7 Å². The van der Waals surface area contributed by atoms with Gasteiger partial charge in [-0.3, -0.25) is 0 Å². The molecule has 1 nitrogen and oxygen atoms in total. The van der Waals surface area contributed by atoms with Gasteiger partial charge < -0.3 is 4.90 Å². The molecular weight excluding hydrogens is 146 g/mol. The molecule has 0 bridgehead atoms.